The number of H-pyrrole nitrogens is 1. The zero-order valence-electron chi connectivity index (χ0n) is 13.6. The summed E-state index contributed by atoms with van der Waals surface area (Å²) in [6, 6.07) is 13.5. The summed E-state index contributed by atoms with van der Waals surface area (Å²) < 4.78 is 11.7. The minimum absolute atomic E-state index is 0.409. The third-order valence-electron chi connectivity index (χ3n) is 4.06. The lowest BCUT2D eigenvalue weighted by Crippen LogP contribution is -2.04. The van der Waals surface area contributed by atoms with Gasteiger partial charge >= 0.3 is 0 Å². The van der Waals surface area contributed by atoms with Gasteiger partial charge in [-0.2, -0.15) is 0 Å². The van der Waals surface area contributed by atoms with Crippen LogP contribution in [0.5, 0.6) is 11.5 Å². The number of aromatic amines is 1. The molecule has 0 unspecified atom stereocenters. The van der Waals surface area contributed by atoms with Crippen LogP contribution in [0.25, 0.3) is 22.5 Å². The van der Waals surface area contributed by atoms with Crippen molar-refractivity contribution in [1.82, 2.24) is 9.97 Å². The molecule has 2 aromatic carbocycles. The van der Waals surface area contributed by atoms with Gasteiger partial charge in [-0.3, -0.25) is 0 Å². The number of nitrogens with one attached hydrogen (secondary N) is 1. The molecule has 4 rings (SSSR count). The third kappa shape index (κ3) is 3.14. The molecule has 1 aliphatic heterocycles. The number of hydrogen-bond donors (Lipinski definition) is 2. The van der Waals surface area contributed by atoms with Crippen LogP contribution in [0.15, 0.2) is 42.5 Å². The molecule has 1 aromatic heterocycles. The van der Waals surface area contributed by atoms with E-state index in [1.165, 1.54) is 0 Å². The van der Waals surface area contributed by atoms with E-state index in [4.69, 9.17) is 31.8 Å². The van der Waals surface area contributed by atoms with E-state index in [2.05, 4.69) is 4.98 Å². The monoisotopic (exact) mass is 355 g/mol. The van der Waals surface area contributed by atoms with E-state index < -0.39 is 0 Å². The lowest BCUT2D eigenvalue weighted by molar-refractivity contribution is 0.115. The molecule has 0 bridgehead atoms. The highest BCUT2D eigenvalue weighted by Gasteiger charge is 2.24. The Morgan fingerprint density at radius 3 is 2.84 bits per heavy atom. The molecule has 0 amide bonds. The standard InChI is InChI=1S/C19H18ClN3O2/c20-12-6-7-16-14(10-12)19-18(13-4-1-2-5-15(13)25-16)22-17(23-19)11-24-9-3-8-21/h1-2,4-7,10H,3,8-9,11,21H2,(H,22,23). The first-order chi connectivity index (χ1) is 12.3. The summed E-state index contributed by atoms with van der Waals surface area (Å²) in [4.78, 5) is 8.12. The second-order valence-electron chi connectivity index (χ2n) is 5.84. The smallest absolute Gasteiger partial charge is 0.137 e. The second-order valence-corrected chi connectivity index (χ2v) is 6.28. The number of nitrogens with zero attached hydrogens (tertiary/aromatic N) is 1. The fourth-order valence-corrected chi connectivity index (χ4v) is 3.06. The van der Waals surface area contributed by atoms with Gasteiger partial charge in [-0.05, 0) is 43.3 Å². The van der Waals surface area contributed by atoms with Gasteiger partial charge in [0.05, 0.1) is 5.69 Å². The number of halogens is 1. The summed E-state index contributed by atoms with van der Waals surface area (Å²) in [5.41, 5.74) is 9.05. The van der Waals surface area contributed by atoms with Gasteiger partial charge < -0.3 is 20.2 Å². The van der Waals surface area contributed by atoms with Crippen LogP contribution in [0.4, 0.5) is 0 Å². The highest BCUT2D eigenvalue weighted by atomic mass is 35.5. The van der Waals surface area contributed by atoms with Gasteiger partial charge in [-0.1, -0.05) is 23.7 Å². The second kappa shape index (κ2) is 6.88. The topological polar surface area (TPSA) is 73.2 Å². The molecule has 0 saturated carbocycles. The van der Waals surface area contributed by atoms with Crippen LogP contribution < -0.4 is 10.5 Å². The molecule has 0 radical (unpaired) electrons. The average molecular weight is 356 g/mol. The fraction of sp³-hybridized carbons (Fsp3) is 0.211. The maximum absolute atomic E-state index is 6.20. The first-order valence-electron chi connectivity index (χ1n) is 8.20. The molecule has 128 valence electrons. The Kier molecular flexibility index (Phi) is 4.44. The number of imidazole rings is 1. The highest BCUT2D eigenvalue weighted by Crippen LogP contribution is 2.46. The number of rotatable bonds is 5. The van der Waals surface area contributed by atoms with Crippen molar-refractivity contribution in [3.8, 4) is 34.0 Å². The van der Waals surface area contributed by atoms with Gasteiger partial charge in [0.15, 0.2) is 0 Å². The first kappa shape index (κ1) is 16.1. The number of aromatic nitrogens is 2. The zero-order valence-corrected chi connectivity index (χ0v) is 14.3. The summed E-state index contributed by atoms with van der Waals surface area (Å²) in [6.07, 6.45) is 0.829. The summed E-state index contributed by atoms with van der Waals surface area (Å²) in [6.45, 7) is 1.64. The first-order valence-corrected chi connectivity index (χ1v) is 8.58. The van der Waals surface area contributed by atoms with Gasteiger partial charge in [0.2, 0.25) is 0 Å². The van der Waals surface area contributed by atoms with Crippen LogP contribution in [-0.2, 0) is 11.3 Å². The number of nitrogens with two attached hydrogens (primary N) is 1. The van der Waals surface area contributed by atoms with E-state index >= 15 is 0 Å². The summed E-state index contributed by atoms with van der Waals surface area (Å²) >= 11 is 6.20. The quantitative estimate of drug-likeness (QED) is 0.521. The van der Waals surface area contributed by atoms with Crippen LogP contribution >= 0.6 is 11.6 Å². The van der Waals surface area contributed by atoms with Crippen molar-refractivity contribution in [2.24, 2.45) is 5.73 Å². The molecular formula is C19H18ClN3O2. The van der Waals surface area contributed by atoms with E-state index in [0.717, 1.165) is 46.3 Å². The fourth-order valence-electron chi connectivity index (χ4n) is 2.89. The zero-order chi connectivity index (χ0) is 17.2. The van der Waals surface area contributed by atoms with E-state index in [1.54, 1.807) is 0 Å². The number of benzene rings is 2. The highest BCUT2D eigenvalue weighted by molar-refractivity contribution is 6.31. The Bertz CT molecular complexity index is 907. The molecule has 1 aliphatic rings. The van der Waals surface area contributed by atoms with Crippen LogP contribution in [-0.4, -0.2) is 23.1 Å². The largest absolute Gasteiger partial charge is 0.456 e. The van der Waals surface area contributed by atoms with E-state index in [-0.39, 0.29) is 0 Å². The van der Waals surface area contributed by atoms with Crippen LogP contribution in [0, 0.1) is 0 Å². The van der Waals surface area contributed by atoms with Gasteiger partial charge in [0, 0.05) is 22.8 Å². The molecule has 6 heteroatoms. The molecule has 5 nitrogen and oxygen atoms in total. The lowest BCUT2D eigenvalue weighted by Gasteiger charge is -2.09. The van der Waals surface area contributed by atoms with E-state index in [1.807, 2.05) is 42.5 Å². The van der Waals surface area contributed by atoms with Crippen molar-refractivity contribution in [2.45, 2.75) is 13.0 Å². The van der Waals surface area contributed by atoms with Gasteiger partial charge in [-0.25, -0.2) is 4.98 Å². The van der Waals surface area contributed by atoms with Crippen molar-refractivity contribution in [3.63, 3.8) is 0 Å². The van der Waals surface area contributed by atoms with Crippen molar-refractivity contribution >= 4 is 11.6 Å². The normalized spacial score (nSPS) is 11.9. The minimum atomic E-state index is 0.409. The maximum atomic E-state index is 6.20. The van der Waals surface area contributed by atoms with E-state index in [9.17, 15) is 0 Å². The Balaban J connectivity index is 1.79. The molecule has 3 N–H and O–H groups in total. The van der Waals surface area contributed by atoms with E-state index in [0.29, 0.717) is 24.8 Å². The Hall–Kier alpha value is -2.34. The lowest BCUT2D eigenvalue weighted by atomic mass is 10.1. The number of ether oxygens (including phenoxy) is 2. The van der Waals surface area contributed by atoms with Crippen molar-refractivity contribution in [2.75, 3.05) is 13.2 Å². The average Bonchev–Trinajstić information content (AvgIpc) is 2.99. The van der Waals surface area contributed by atoms with Crippen LogP contribution in [0.1, 0.15) is 12.2 Å². The minimum Gasteiger partial charge on any atom is -0.456 e. The summed E-state index contributed by atoms with van der Waals surface area (Å²) in [5.74, 6) is 2.28. The van der Waals surface area contributed by atoms with Gasteiger partial charge in [0.1, 0.15) is 29.6 Å². The number of para-hydroxylation sites is 1. The SMILES string of the molecule is NCCCOCc1nc2c([nH]1)-c1ccccc1Oc1ccc(Cl)cc1-2. The molecule has 0 atom stereocenters. The molecule has 0 saturated heterocycles. The summed E-state index contributed by atoms with van der Waals surface area (Å²) in [5, 5.41) is 0.642. The van der Waals surface area contributed by atoms with Crippen molar-refractivity contribution in [1.29, 1.82) is 0 Å². The number of fused-ring (bicyclic) bond motifs is 5. The third-order valence-corrected chi connectivity index (χ3v) is 4.29. The predicted octanol–water partition coefficient (Wildman–Crippen LogP) is 4.37. The molecule has 0 spiro atoms. The van der Waals surface area contributed by atoms with Gasteiger partial charge in [-0.15, -0.1) is 0 Å². The van der Waals surface area contributed by atoms with Crippen molar-refractivity contribution < 1.29 is 9.47 Å². The maximum Gasteiger partial charge on any atom is 0.137 e. The van der Waals surface area contributed by atoms with Crippen molar-refractivity contribution in [3.05, 3.63) is 53.3 Å². The Labute approximate surface area is 150 Å². The molecule has 3 aromatic rings. The predicted molar refractivity (Wildman–Crippen MR) is 97.9 cm³/mol. The molecule has 0 aliphatic carbocycles. The van der Waals surface area contributed by atoms with Crippen LogP contribution in [0.2, 0.25) is 5.02 Å². The molecule has 2 heterocycles. The Morgan fingerprint density at radius 2 is 1.96 bits per heavy atom. The molecule has 0 fully saturated rings. The molecular weight excluding hydrogens is 338 g/mol. The Morgan fingerprint density at radius 1 is 1.12 bits per heavy atom. The summed E-state index contributed by atoms with van der Waals surface area (Å²) in [7, 11) is 0. The van der Waals surface area contributed by atoms with Crippen LogP contribution in [0.3, 0.4) is 0 Å². The number of hydrogen-bond acceptors (Lipinski definition) is 4. The van der Waals surface area contributed by atoms with Gasteiger partial charge in [0.25, 0.3) is 0 Å². The molecule has 25 heavy (non-hydrogen) atoms.